The molecule has 1 aliphatic heterocycles. The topological polar surface area (TPSA) is 158 Å². The van der Waals surface area contributed by atoms with Gasteiger partial charge in [0.25, 0.3) is 5.69 Å². The number of nitrogens with zero attached hydrogens (tertiary/aromatic N) is 1. The Labute approximate surface area is 170 Å². The van der Waals surface area contributed by atoms with Gasteiger partial charge in [0.15, 0.2) is 6.10 Å². The second kappa shape index (κ2) is 9.78. The zero-order valence-electron chi connectivity index (χ0n) is 16.3. The number of rotatable bonds is 7. The first kappa shape index (κ1) is 22.7. The summed E-state index contributed by atoms with van der Waals surface area (Å²) in [5.74, 6) is -3.32. The van der Waals surface area contributed by atoms with E-state index in [-0.39, 0.29) is 12.2 Å². The van der Waals surface area contributed by atoms with Crippen LogP contribution in [-0.2, 0) is 38.1 Å². The monoisotopic (exact) mass is 425 g/mol. The fourth-order valence-electron chi connectivity index (χ4n) is 2.75. The van der Waals surface area contributed by atoms with E-state index in [9.17, 15) is 29.3 Å². The number of nitro benzene ring substituents is 1. The van der Waals surface area contributed by atoms with E-state index in [2.05, 4.69) is 0 Å². The van der Waals surface area contributed by atoms with Crippen molar-refractivity contribution in [3.63, 3.8) is 0 Å². The Bertz CT molecular complexity index is 852. The normalized spacial score (nSPS) is 22.6. The maximum atomic E-state index is 12.5. The van der Waals surface area contributed by atoms with Gasteiger partial charge in [-0.1, -0.05) is 12.1 Å². The number of para-hydroxylation sites is 1. The lowest BCUT2D eigenvalue weighted by Crippen LogP contribution is -2.42. The van der Waals surface area contributed by atoms with Crippen LogP contribution in [0.1, 0.15) is 31.1 Å². The lowest BCUT2D eigenvalue weighted by Gasteiger charge is -2.22. The first-order valence-corrected chi connectivity index (χ1v) is 8.67. The molecular formula is C18H19NO11. The predicted molar refractivity (Wildman–Crippen MR) is 94.9 cm³/mol. The second-order valence-electron chi connectivity index (χ2n) is 6.17. The summed E-state index contributed by atoms with van der Waals surface area (Å²) < 4.78 is 25.7. The molecule has 12 nitrogen and oxygen atoms in total. The number of hydrogen-bond acceptors (Lipinski definition) is 11. The molecule has 1 fully saturated rings. The summed E-state index contributed by atoms with van der Waals surface area (Å²) in [6.45, 7) is 2.93. The van der Waals surface area contributed by atoms with Crippen LogP contribution in [0.15, 0.2) is 24.3 Å². The van der Waals surface area contributed by atoms with Crippen molar-refractivity contribution in [2.75, 3.05) is 6.61 Å². The van der Waals surface area contributed by atoms with E-state index in [0.29, 0.717) is 0 Å². The molecule has 4 unspecified atom stereocenters. The first-order chi connectivity index (χ1) is 14.1. The molecule has 12 heteroatoms. The molecule has 0 amide bonds. The van der Waals surface area contributed by atoms with E-state index < -0.39 is 59.1 Å². The van der Waals surface area contributed by atoms with Crippen molar-refractivity contribution in [2.24, 2.45) is 0 Å². The van der Waals surface area contributed by atoms with E-state index >= 15 is 0 Å². The molecule has 1 aromatic rings. The Hall–Kier alpha value is -3.54. The summed E-state index contributed by atoms with van der Waals surface area (Å²) in [4.78, 5) is 57.0. The molecule has 0 bridgehead atoms. The number of benzene rings is 1. The third kappa shape index (κ3) is 5.73. The van der Waals surface area contributed by atoms with Gasteiger partial charge in [0.05, 0.1) is 4.92 Å². The largest absolute Gasteiger partial charge is 0.463 e. The van der Waals surface area contributed by atoms with Crippen LogP contribution in [0.25, 0.3) is 0 Å². The van der Waals surface area contributed by atoms with Crippen LogP contribution in [0.2, 0.25) is 0 Å². The van der Waals surface area contributed by atoms with Gasteiger partial charge in [0, 0.05) is 26.8 Å². The van der Waals surface area contributed by atoms with Gasteiger partial charge in [-0.2, -0.15) is 0 Å². The van der Waals surface area contributed by atoms with E-state index in [0.717, 1.165) is 26.8 Å². The second-order valence-corrected chi connectivity index (χ2v) is 6.17. The maximum absolute atomic E-state index is 12.5. The minimum Gasteiger partial charge on any atom is -0.463 e. The molecule has 1 saturated heterocycles. The van der Waals surface area contributed by atoms with Crippen molar-refractivity contribution < 1.29 is 47.8 Å². The third-order valence-corrected chi connectivity index (χ3v) is 3.87. The third-order valence-electron chi connectivity index (χ3n) is 3.87. The summed E-state index contributed by atoms with van der Waals surface area (Å²) in [7, 11) is 0. The predicted octanol–water partition coefficient (Wildman–Crippen LogP) is 0.903. The number of esters is 4. The fraction of sp³-hybridized carbons (Fsp3) is 0.444. The summed E-state index contributed by atoms with van der Waals surface area (Å²) in [5, 5.41) is 11.1. The fourth-order valence-corrected chi connectivity index (χ4v) is 2.75. The summed E-state index contributed by atoms with van der Waals surface area (Å²) >= 11 is 0. The number of carbonyl (C=O) groups is 4. The van der Waals surface area contributed by atoms with E-state index in [1.54, 1.807) is 0 Å². The molecule has 0 aliphatic carbocycles. The zero-order chi connectivity index (χ0) is 22.4. The number of hydrogen-bond donors (Lipinski definition) is 0. The van der Waals surface area contributed by atoms with Crippen LogP contribution in [0.3, 0.4) is 0 Å². The molecule has 0 saturated carbocycles. The molecule has 2 rings (SSSR count). The molecular weight excluding hydrogens is 406 g/mol. The molecule has 0 aromatic heterocycles. The van der Waals surface area contributed by atoms with Gasteiger partial charge < -0.3 is 23.7 Å². The number of nitro groups is 1. The highest BCUT2D eigenvalue weighted by Gasteiger charge is 2.52. The Kier molecular flexibility index (Phi) is 7.42. The quantitative estimate of drug-likeness (QED) is 0.264. The van der Waals surface area contributed by atoms with Crippen molar-refractivity contribution >= 4 is 29.6 Å². The molecule has 0 N–H and O–H groups in total. The van der Waals surface area contributed by atoms with Gasteiger partial charge in [-0.15, -0.1) is 0 Å². The van der Waals surface area contributed by atoms with Crippen LogP contribution in [0.5, 0.6) is 0 Å². The first-order valence-electron chi connectivity index (χ1n) is 8.67. The average molecular weight is 425 g/mol. The minimum atomic E-state index is -1.58. The Morgan fingerprint density at radius 1 is 0.967 bits per heavy atom. The average Bonchev–Trinajstić information content (AvgIpc) is 2.95. The smallest absolute Gasteiger partial charge is 0.347 e. The number of ether oxygens (including phenoxy) is 5. The number of carbonyl (C=O) groups excluding carboxylic acids is 4. The Morgan fingerprint density at radius 3 is 2.13 bits per heavy atom. The van der Waals surface area contributed by atoms with Crippen LogP contribution >= 0.6 is 0 Å². The van der Waals surface area contributed by atoms with Crippen LogP contribution in [0.4, 0.5) is 5.69 Å². The van der Waals surface area contributed by atoms with Gasteiger partial charge in [-0.3, -0.25) is 24.5 Å². The van der Waals surface area contributed by atoms with Gasteiger partial charge in [-0.05, 0) is 6.07 Å². The van der Waals surface area contributed by atoms with Gasteiger partial charge in [0.2, 0.25) is 12.4 Å². The summed E-state index contributed by atoms with van der Waals surface area (Å²) in [6, 6.07) is 5.05. The summed E-state index contributed by atoms with van der Waals surface area (Å²) in [6.07, 6.45) is -5.34. The molecule has 0 spiro atoms. The van der Waals surface area contributed by atoms with Crippen molar-refractivity contribution in [3.8, 4) is 0 Å². The van der Waals surface area contributed by atoms with Gasteiger partial charge in [0.1, 0.15) is 18.3 Å². The molecule has 0 radical (unpaired) electrons. The maximum Gasteiger partial charge on any atom is 0.347 e. The van der Waals surface area contributed by atoms with E-state index in [1.165, 1.54) is 18.2 Å². The van der Waals surface area contributed by atoms with Crippen molar-refractivity contribution in [3.05, 3.63) is 39.9 Å². The van der Waals surface area contributed by atoms with Crippen molar-refractivity contribution in [1.29, 1.82) is 0 Å². The summed E-state index contributed by atoms with van der Waals surface area (Å²) in [5.41, 5.74) is -0.863. The van der Waals surface area contributed by atoms with Crippen LogP contribution < -0.4 is 0 Å². The lowest BCUT2D eigenvalue weighted by atomic mass is 10.1. The molecule has 162 valence electrons. The molecule has 30 heavy (non-hydrogen) atoms. The Balaban J connectivity index is 2.30. The highest BCUT2D eigenvalue weighted by molar-refractivity contribution is 5.94. The molecule has 4 atom stereocenters. The lowest BCUT2D eigenvalue weighted by molar-refractivity contribution is -0.385. The zero-order valence-corrected chi connectivity index (χ0v) is 16.3. The molecule has 1 heterocycles. The highest BCUT2D eigenvalue weighted by Crippen LogP contribution is 2.30. The Morgan fingerprint density at radius 2 is 1.57 bits per heavy atom. The molecule has 1 aromatic carbocycles. The van der Waals surface area contributed by atoms with Gasteiger partial charge in [-0.25, -0.2) is 4.79 Å². The van der Waals surface area contributed by atoms with E-state index in [1.807, 2.05) is 0 Å². The SMILES string of the molecule is CC(=O)OCC1OC(OC(=O)c2ccccc2[N+](=O)[O-])C(OC(C)=O)C1OC(C)=O. The minimum absolute atomic E-state index is 0.361. The van der Waals surface area contributed by atoms with Crippen molar-refractivity contribution in [1.82, 2.24) is 0 Å². The van der Waals surface area contributed by atoms with E-state index in [4.69, 9.17) is 23.7 Å². The standard InChI is InChI=1S/C18H19NO11/c1-9(20)26-8-14-15(27-10(2)21)16(28-11(3)22)18(29-14)30-17(23)12-6-4-5-7-13(12)19(24)25/h4-7,14-16,18H,8H2,1-3H3. The van der Waals surface area contributed by atoms with Gasteiger partial charge >= 0.3 is 23.9 Å². The highest BCUT2D eigenvalue weighted by atomic mass is 16.8. The molecule has 1 aliphatic rings. The van der Waals surface area contributed by atoms with Crippen LogP contribution in [-0.4, -0.2) is 60.0 Å². The van der Waals surface area contributed by atoms with Crippen LogP contribution in [0, 0.1) is 10.1 Å². The van der Waals surface area contributed by atoms with Crippen molar-refractivity contribution in [2.45, 2.75) is 45.4 Å².